The lowest BCUT2D eigenvalue weighted by Crippen LogP contribution is -2.30. The van der Waals surface area contributed by atoms with Gasteiger partial charge in [-0.1, -0.05) is 39.3 Å². The van der Waals surface area contributed by atoms with Crippen molar-refractivity contribution < 1.29 is 24.2 Å². The first-order valence-electron chi connectivity index (χ1n) is 12.4. The summed E-state index contributed by atoms with van der Waals surface area (Å²) in [5, 5.41) is 11.3. The van der Waals surface area contributed by atoms with E-state index in [4.69, 9.17) is 9.47 Å². The summed E-state index contributed by atoms with van der Waals surface area (Å²) in [6, 6.07) is 12.0. The summed E-state index contributed by atoms with van der Waals surface area (Å²) < 4.78 is 11.6. The highest BCUT2D eigenvalue weighted by Crippen LogP contribution is 2.40. The van der Waals surface area contributed by atoms with Crippen molar-refractivity contribution in [2.75, 3.05) is 13.2 Å². The Labute approximate surface area is 208 Å². The van der Waals surface area contributed by atoms with Crippen molar-refractivity contribution >= 4 is 17.4 Å². The van der Waals surface area contributed by atoms with Crippen LogP contribution in [0.15, 0.2) is 48.0 Å². The molecule has 0 bridgehead atoms. The summed E-state index contributed by atoms with van der Waals surface area (Å²) in [5.74, 6) is 0.412. The van der Waals surface area contributed by atoms with Crippen molar-refractivity contribution in [2.24, 2.45) is 5.92 Å². The van der Waals surface area contributed by atoms with Crippen molar-refractivity contribution in [3.8, 4) is 11.5 Å². The van der Waals surface area contributed by atoms with Gasteiger partial charge in [0, 0.05) is 12.1 Å². The molecule has 188 valence electrons. The number of benzene rings is 2. The third-order valence-corrected chi connectivity index (χ3v) is 5.88. The second kappa shape index (κ2) is 11.4. The van der Waals surface area contributed by atoms with Gasteiger partial charge in [0.25, 0.3) is 11.7 Å². The van der Waals surface area contributed by atoms with Crippen LogP contribution in [0.5, 0.6) is 11.5 Å². The van der Waals surface area contributed by atoms with Gasteiger partial charge >= 0.3 is 0 Å². The number of aliphatic hydroxyl groups is 1. The molecule has 1 aliphatic rings. The van der Waals surface area contributed by atoms with E-state index in [2.05, 4.69) is 13.8 Å². The van der Waals surface area contributed by atoms with Crippen molar-refractivity contribution in [1.82, 2.24) is 4.90 Å². The SMILES string of the molecule is CCCCN1C(=O)C(=O)/C(=C(\O)c2ccc(OCC(C)C)c(C)c2)C1c1ccc(OC(C)C)cc1. The number of ether oxygens (including phenoxy) is 2. The van der Waals surface area contributed by atoms with Crippen molar-refractivity contribution in [2.45, 2.75) is 66.5 Å². The number of hydrogen-bond acceptors (Lipinski definition) is 5. The van der Waals surface area contributed by atoms with E-state index in [0.717, 1.165) is 29.7 Å². The van der Waals surface area contributed by atoms with Crippen LogP contribution in [0.3, 0.4) is 0 Å². The number of aryl methyl sites for hydroxylation is 1. The maximum Gasteiger partial charge on any atom is 0.295 e. The average Bonchev–Trinajstić information content (AvgIpc) is 3.06. The van der Waals surface area contributed by atoms with Crippen LogP contribution in [0.2, 0.25) is 0 Å². The molecule has 1 atom stereocenters. The third kappa shape index (κ3) is 6.05. The first-order chi connectivity index (χ1) is 16.6. The van der Waals surface area contributed by atoms with Gasteiger partial charge in [-0.2, -0.15) is 0 Å². The molecule has 1 fully saturated rings. The van der Waals surface area contributed by atoms with E-state index < -0.39 is 17.7 Å². The van der Waals surface area contributed by atoms with Crippen LogP contribution in [0.1, 0.15) is 70.2 Å². The number of carbonyl (C=O) groups excluding carboxylic acids is 2. The number of likely N-dealkylation sites (tertiary alicyclic amines) is 1. The summed E-state index contributed by atoms with van der Waals surface area (Å²) in [6.07, 6.45) is 1.68. The van der Waals surface area contributed by atoms with Crippen molar-refractivity contribution in [1.29, 1.82) is 0 Å². The van der Waals surface area contributed by atoms with Crippen LogP contribution in [0, 0.1) is 12.8 Å². The standard InChI is InChI=1S/C29H37NO5/c1-7-8-15-30-26(21-9-12-23(13-10-21)35-19(4)5)25(28(32)29(30)33)27(31)22-11-14-24(20(6)16-22)34-17-18(2)3/h9-14,16,18-19,26,31H,7-8,15,17H2,1-6H3/b27-25-. The molecule has 6 nitrogen and oxygen atoms in total. The summed E-state index contributed by atoms with van der Waals surface area (Å²) >= 11 is 0. The fourth-order valence-electron chi connectivity index (χ4n) is 4.16. The van der Waals surface area contributed by atoms with E-state index in [1.807, 2.05) is 52.0 Å². The number of aliphatic hydroxyl groups excluding tert-OH is 1. The Bertz CT molecular complexity index is 1080. The average molecular weight is 480 g/mol. The van der Waals surface area contributed by atoms with Crippen LogP contribution in [-0.4, -0.2) is 41.0 Å². The summed E-state index contributed by atoms with van der Waals surface area (Å²) in [4.78, 5) is 27.7. The molecule has 2 aromatic carbocycles. The fraction of sp³-hybridized carbons (Fsp3) is 0.448. The molecular formula is C29H37NO5. The van der Waals surface area contributed by atoms with E-state index in [9.17, 15) is 14.7 Å². The molecule has 1 aliphatic heterocycles. The number of amides is 1. The summed E-state index contributed by atoms with van der Waals surface area (Å²) in [5.41, 5.74) is 2.20. The van der Waals surface area contributed by atoms with Gasteiger partial charge in [-0.05, 0) is 74.6 Å². The van der Waals surface area contributed by atoms with E-state index in [1.54, 1.807) is 23.1 Å². The van der Waals surface area contributed by atoms with Gasteiger partial charge in [0.05, 0.1) is 24.3 Å². The third-order valence-electron chi connectivity index (χ3n) is 5.88. The Hall–Kier alpha value is -3.28. The second-order valence-corrected chi connectivity index (χ2v) is 9.77. The number of ketones is 1. The molecule has 0 radical (unpaired) electrons. The van der Waals surface area contributed by atoms with Crippen LogP contribution in [-0.2, 0) is 9.59 Å². The summed E-state index contributed by atoms with van der Waals surface area (Å²) in [7, 11) is 0. The topological polar surface area (TPSA) is 76.1 Å². The molecule has 1 heterocycles. The van der Waals surface area contributed by atoms with Crippen molar-refractivity contribution in [3.63, 3.8) is 0 Å². The minimum atomic E-state index is -0.663. The predicted molar refractivity (Wildman–Crippen MR) is 138 cm³/mol. The Morgan fingerprint density at radius 1 is 1.06 bits per heavy atom. The highest BCUT2D eigenvalue weighted by atomic mass is 16.5. The van der Waals surface area contributed by atoms with Crippen LogP contribution in [0.4, 0.5) is 0 Å². The molecule has 0 spiro atoms. The zero-order valence-electron chi connectivity index (χ0n) is 21.6. The van der Waals surface area contributed by atoms with E-state index >= 15 is 0 Å². The van der Waals surface area contributed by atoms with Gasteiger partial charge in [0.2, 0.25) is 0 Å². The zero-order chi connectivity index (χ0) is 25.7. The van der Waals surface area contributed by atoms with Gasteiger partial charge in [0.15, 0.2) is 0 Å². The van der Waals surface area contributed by atoms with Crippen LogP contribution in [0.25, 0.3) is 5.76 Å². The monoisotopic (exact) mass is 479 g/mol. The Kier molecular flexibility index (Phi) is 8.60. The van der Waals surface area contributed by atoms with Gasteiger partial charge in [-0.25, -0.2) is 0 Å². The number of hydrogen-bond donors (Lipinski definition) is 1. The maximum atomic E-state index is 13.2. The molecule has 0 aromatic heterocycles. The van der Waals surface area contributed by atoms with Crippen LogP contribution < -0.4 is 9.47 Å². The molecule has 3 rings (SSSR count). The Balaban J connectivity index is 2.05. The fourth-order valence-corrected chi connectivity index (χ4v) is 4.16. The number of carbonyl (C=O) groups is 2. The molecular weight excluding hydrogens is 442 g/mol. The molecule has 6 heteroatoms. The quantitative estimate of drug-likeness (QED) is 0.255. The van der Waals surface area contributed by atoms with E-state index in [1.165, 1.54) is 0 Å². The summed E-state index contributed by atoms with van der Waals surface area (Å²) in [6.45, 7) is 13.0. The van der Waals surface area contributed by atoms with E-state index in [0.29, 0.717) is 30.4 Å². The molecule has 1 unspecified atom stereocenters. The van der Waals surface area contributed by atoms with E-state index in [-0.39, 0.29) is 17.4 Å². The molecule has 1 saturated heterocycles. The number of nitrogens with zero attached hydrogens (tertiary/aromatic N) is 1. The molecule has 2 aromatic rings. The first kappa shape index (κ1) is 26.3. The lowest BCUT2D eigenvalue weighted by molar-refractivity contribution is -0.139. The van der Waals surface area contributed by atoms with Crippen LogP contribution >= 0.6 is 0 Å². The Morgan fingerprint density at radius 3 is 2.31 bits per heavy atom. The smallest absolute Gasteiger partial charge is 0.295 e. The predicted octanol–water partition coefficient (Wildman–Crippen LogP) is 6.04. The number of rotatable bonds is 10. The normalized spacial score (nSPS) is 17.5. The Morgan fingerprint density at radius 2 is 1.74 bits per heavy atom. The highest BCUT2D eigenvalue weighted by Gasteiger charge is 2.45. The first-order valence-corrected chi connectivity index (χ1v) is 12.4. The highest BCUT2D eigenvalue weighted by molar-refractivity contribution is 6.46. The van der Waals surface area contributed by atoms with Gasteiger partial charge in [-0.3, -0.25) is 9.59 Å². The maximum absolute atomic E-state index is 13.2. The zero-order valence-corrected chi connectivity index (χ0v) is 21.6. The number of unbranched alkanes of at least 4 members (excludes halogenated alkanes) is 1. The molecule has 1 N–H and O–H groups in total. The minimum absolute atomic E-state index is 0.0340. The molecule has 0 aliphatic carbocycles. The largest absolute Gasteiger partial charge is 0.507 e. The van der Waals surface area contributed by atoms with Gasteiger partial charge in [0.1, 0.15) is 17.3 Å². The second-order valence-electron chi connectivity index (χ2n) is 9.77. The minimum Gasteiger partial charge on any atom is -0.507 e. The van der Waals surface area contributed by atoms with Gasteiger partial charge in [-0.15, -0.1) is 0 Å². The van der Waals surface area contributed by atoms with Gasteiger partial charge < -0.3 is 19.5 Å². The molecule has 0 saturated carbocycles. The number of Topliss-reactive ketones (excluding diaryl/α,β-unsaturated/α-hetero) is 1. The lowest BCUT2D eigenvalue weighted by atomic mass is 9.94. The molecule has 1 amide bonds. The molecule has 35 heavy (non-hydrogen) atoms. The lowest BCUT2D eigenvalue weighted by Gasteiger charge is -2.25. The van der Waals surface area contributed by atoms with Crippen molar-refractivity contribution in [3.05, 3.63) is 64.7 Å².